The molecule has 1 aromatic carbocycles. The van der Waals surface area contributed by atoms with Crippen molar-refractivity contribution >= 4 is 11.9 Å². The number of piperidine rings is 1. The number of para-hydroxylation sites is 1. The number of aliphatic hydroxyl groups is 1. The number of fused-ring (bicyclic) bond motifs is 1. The van der Waals surface area contributed by atoms with Crippen molar-refractivity contribution in [2.45, 2.75) is 31.4 Å². The SMILES string of the molecule is O=C1[C@@H]2CCCCN2C(=O)N1C[C@@H](O)COc1ccccc1. The maximum absolute atomic E-state index is 12.3. The van der Waals surface area contributed by atoms with Crippen LogP contribution in [0.5, 0.6) is 5.75 Å². The van der Waals surface area contributed by atoms with E-state index in [2.05, 4.69) is 0 Å². The fraction of sp³-hybridized carbons (Fsp3) is 0.500. The van der Waals surface area contributed by atoms with Crippen LogP contribution in [0.3, 0.4) is 0 Å². The summed E-state index contributed by atoms with van der Waals surface area (Å²) in [5, 5.41) is 10.1. The Morgan fingerprint density at radius 2 is 2.00 bits per heavy atom. The van der Waals surface area contributed by atoms with Crippen LogP contribution in [0.25, 0.3) is 0 Å². The Morgan fingerprint density at radius 1 is 1.23 bits per heavy atom. The smallest absolute Gasteiger partial charge is 0.327 e. The zero-order chi connectivity index (χ0) is 15.5. The van der Waals surface area contributed by atoms with Crippen LogP contribution in [-0.4, -0.2) is 58.7 Å². The fourth-order valence-corrected chi connectivity index (χ4v) is 2.99. The number of aliphatic hydroxyl groups excluding tert-OH is 1. The molecule has 6 heteroatoms. The summed E-state index contributed by atoms with van der Waals surface area (Å²) < 4.78 is 5.45. The van der Waals surface area contributed by atoms with Gasteiger partial charge in [-0.3, -0.25) is 9.69 Å². The normalized spacial score (nSPS) is 22.7. The Hall–Kier alpha value is -2.08. The van der Waals surface area contributed by atoms with Crippen molar-refractivity contribution < 1.29 is 19.4 Å². The summed E-state index contributed by atoms with van der Waals surface area (Å²) in [5.41, 5.74) is 0. The van der Waals surface area contributed by atoms with Crippen molar-refractivity contribution in [1.82, 2.24) is 9.80 Å². The van der Waals surface area contributed by atoms with Gasteiger partial charge in [-0.05, 0) is 31.4 Å². The summed E-state index contributed by atoms with van der Waals surface area (Å²) in [6.07, 6.45) is 1.73. The Morgan fingerprint density at radius 3 is 2.73 bits per heavy atom. The van der Waals surface area contributed by atoms with Crippen LogP contribution in [0.15, 0.2) is 30.3 Å². The van der Waals surface area contributed by atoms with Crippen LogP contribution in [0, 0.1) is 0 Å². The number of urea groups is 1. The maximum Gasteiger partial charge on any atom is 0.327 e. The van der Waals surface area contributed by atoms with Gasteiger partial charge in [0, 0.05) is 6.54 Å². The van der Waals surface area contributed by atoms with Gasteiger partial charge in [0.1, 0.15) is 24.5 Å². The summed E-state index contributed by atoms with van der Waals surface area (Å²) in [6.45, 7) is 0.658. The van der Waals surface area contributed by atoms with Crippen molar-refractivity contribution in [1.29, 1.82) is 0 Å². The zero-order valence-electron chi connectivity index (χ0n) is 12.4. The molecule has 2 saturated heterocycles. The highest BCUT2D eigenvalue weighted by Gasteiger charge is 2.46. The summed E-state index contributed by atoms with van der Waals surface area (Å²) in [7, 11) is 0. The molecule has 1 N–H and O–H groups in total. The molecule has 0 saturated carbocycles. The molecule has 0 unspecified atom stereocenters. The first kappa shape index (κ1) is 14.8. The number of nitrogens with zero attached hydrogens (tertiary/aromatic N) is 2. The molecule has 0 aliphatic carbocycles. The first-order valence-electron chi connectivity index (χ1n) is 7.64. The van der Waals surface area contributed by atoms with Gasteiger partial charge in [0.05, 0.1) is 6.54 Å². The molecule has 2 aliphatic rings. The van der Waals surface area contributed by atoms with E-state index in [9.17, 15) is 14.7 Å². The van der Waals surface area contributed by atoms with Gasteiger partial charge < -0.3 is 14.7 Å². The largest absolute Gasteiger partial charge is 0.491 e. The molecule has 2 fully saturated rings. The molecule has 118 valence electrons. The number of hydrogen-bond donors (Lipinski definition) is 1. The van der Waals surface area contributed by atoms with Gasteiger partial charge in [-0.25, -0.2) is 4.79 Å². The Bertz CT molecular complexity index is 524. The van der Waals surface area contributed by atoms with E-state index in [0.29, 0.717) is 12.3 Å². The standard InChI is InChI=1S/C16H20N2O4/c19-12(11-22-13-6-2-1-3-7-13)10-18-15(20)14-8-4-5-9-17(14)16(18)21/h1-3,6-7,12,14,19H,4-5,8-11H2/t12-,14+/m1/s1. The number of carbonyl (C=O) groups is 2. The first-order valence-corrected chi connectivity index (χ1v) is 7.64. The quantitative estimate of drug-likeness (QED) is 0.831. The average molecular weight is 304 g/mol. The third-order valence-electron chi connectivity index (χ3n) is 4.11. The summed E-state index contributed by atoms with van der Waals surface area (Å²) in [6, 6.07) is 8.52. The van der Waals surface area contributed by atoms with E-state index in [1.807, 2.05) is 18.2 Å². The predicted octanol–water partition coefficient (Wildman–Crippen LogP) is 1.24. The van der Waals surface area contributed by atoms with E-state index in [1.54, 1.807) is 17.0 Å². The molecule has 2 heterocycles. The number of β-amino-alcohol motifs (C(OH)–C–C–N with tert-alkyl or cyclic N) is 1. The number of hydrogen-bond acceptors (Lipinski definition) is 4. The van der Waals surface area contributed by atoms with E-state index in [4.69, 9.17) is 4.74 Å². The lowest BCUT2D eigenvalue weighted by atomic mass is 10.0. The fourth-order valence-electron chi connectivity index (χ4n) is 2.99. The molecule has 0 bridgehead atoms. The Kier molecular flexibility index (Phi) is 4.29. The van der Waals surface area contributed by atoms with Crippen LogP contribution in [0.4, 0.5) is 4.79 Å². The van der Waals surface area contributed by atoms with Crippen LogP contribution < -0.4 is 4.74 Å². The van der Waals surface area contributed by atoms with E-state index >= 15 is 0 Å². The van der Waals surface area contributed by atoms with Crippen molar-refractivity contribution in [3.63, 3.8) is 0 Å². The number of imide groups is 1. The molecule has 2 atom stereocenters. The van der Waals surface area contributed by atoms with E-state index < -0.39 is 6.10 Å². The van der Waals surface area contributed by atoms with Gasteiger partial charge in [-0.2, -0.15) is 0 Å². The third-order valence-corrected chi connectivity index (χ3v) is 4.11. The molecule has 6 nitrogen and oxygen atoms in total. The molecular weight excluding hydrogens is 284 g/mol. The van der Waals surface area contributed by atoms with Gasteiger partial charge in [0.25, 0.3) is 5.91 Å². The molecule has 0 aromatic heterocycles. The van der Waals surface area contributed by atoms with E-state index in [1.165, 1.54) is 0 Å². The van der Waals surface area contributed by atoms with Gasteiger partial charge in [-0.15, -0.1) is 0 Å². The molecule has 0 spiro atoms. The second kappa shape index (κ2) is 6.36. The lowest BCUT2D eigenvalue weighted by molar-refractivity contribution is -0.129. The maximum atomic E-state index is 12.3. The molecule has 3 rings (SSSR count). The summed E-state index contributed by atoms with van der Waals surface area (Å²) in [5.74, 6) is 0.460. The van der Waals surface area contributed by atoms with Gasteiger partial charge >= 0.3 is 6.03 Å². The minimum Gasteiger partial charge on any atom is -0.491 e. The number of benzene rings is 1. The predicted molar refractivity (Wildman–Crippen MR) is 79.4 cm³/mol. The van der Waals surface area contributed by atoms with Crippen LogP contribution >= 0.6 is 0 Å². The van der Waals surface area contributed by atoms with Crippen molar-refractivity contribution in [3.8, 4) is 5.75 Å². The van der Waals surface area contributed by atoms with Crippen molar-refractivity contribution in [3.05, 3.63) is 30.3 Å². The minimum absolute atomic E-state index is 0.0164. The Labute approximate surface area is 129 Å². The summed E-state index contributed by atoms with van der Waals surface area (Å²) >= 11 is 0. The number of ether oxygens (including phenoxy) is 1. The number of carbonyl (C=O) groups excluding carboxylic acids is 2. The lowest BCUT2D eigenvalue weighted by Gasteiger charge is -2.26. The number of rotatable bonds is 5. The molecule has 22 heavy (non-hydrogen) atoms. The molecule has 2 aliphatic heterocycles. The van der Waals surface area contributed by atoms with Gasteiger partial charge in [-0.1, -0.05) is 18.2 Å². The first-order chi connectivity index (χ1) is 10.7. The summed E-state index contributed by atoms with van der Waals surface area (Å²) in [4.78, 5) is 27.3. The second-order valence-electron chi connectivity index (χ2n) is 5.71. The molecule has 0 radical (unpaired) electrons. The highest BCUT2D eigenvalue weighted by atomic mass is 16.5. The number of amides is 3. The second-order valence-corrected chi connectivity index (χ2v) is 5.71. The van der Waals surface area contributed by atoms with E-state index in [0.717, 1.165) is 24.2 Å². The molecule has 3 amide bonds. The Balaban J connectivity index is 1.56. The molecule has 1 aromatic rings. The van der Waals surface area contributed by atoms with Crippen molar-refractivity contribution in [2.75, 3.05) is 19.7 Å². The van der Waals surface area contributed by atoms with Crippen molar-refractivity contribution in [2.24, 2.45) is 0 Å². The topological polar surface area (TPSA) is 70.1 Å². The van der Waals surface area contributed by atoms with Crippen LogP contribution in [-0.2, 0) is 4.79 Å². The van der Waals surface area contributed by atoms with E-state index in [-0.39, 0.29) is 31.1 Å². The molecular formula is C16H20N2O4. The van der Waals surface area contributed by atoms with Crippen LogP contribution in [0.2, 0.25) is 0 Å². The zero-order valence-corrected chi connectivity index (χ0v) is 12.4. The monoisotopic (exact) mass is 304 g/mol. The third kappa shape index (κ3) is 2.92. The highest BCUT2D eigenvalue weighted by Crippen LogP contribution is 2.26. The minimum atomic E-state index is -0.894. The van der Waals surface area contributed by atoms with Crippen LogP contribution in [0.1, 0.15) is 19.3 Å². The van der Waals surface area contributed by atoms with Gasteiger partial charge in [0.15, 0.2) is 0 Å². The average Bonchev–Trinajstić information content (AvgIpc) is 2.79. The van der Waals surface area contributed by atoms with Gasteiger partial charge in [0.2, 0.25) is 0 Å². The lowest BCUT2D eigenvalue weighted by Crippen LogP contribution is -2.40. The highest BCUT2D eigenvalue weighted by molar-refractivity contribution is 6.04.